The van der Waals surface area contributed by atoms with Gasteiger partial charge in [0, 0.05) is 5.69 Å². The molecule has 0 aromatic heterocycles. The van der Waals surface area contributed by atoms with Gasteiger partial charge in [0.15, 0.2) is 0 Å². The molecule has 0 spiro atoms. The maximum absolute atomic E-state index is 12.0. The van der Waals surface area contributed by atoms with Crippen LogP contribution in [0.3, 0.4) is 0 Å². The number of carbonyl (C=O) groups excluding carboxylic acids is 1. The number of halogens is 1. The molecule has 1 N–H and O–H groups in total. The third kappa shape index (κ3) is 3.58. The quantitative estimate of drug-likeness (QED) is 0.804. The van der Waals surface area contributed by atoms with E-state index >= 15 is 0 Å². The summed E-state index contributed by atoms with van der Waals surface area (Å²) < 4.78 is 0. The average Bonchev–Trinajstić information content (AvgIpc) is 2.36. The van der Waals surface area contributed by atoms with E-state index < -0.39 is 0 Å². The molecule has 0 radical (unpaired) electrons. The maximum atomic E-state index is 12.0. The summed E-state index contributed by atoms with van der Waals surface area (Å²) in [6, 6.07) is 4.25. The standard InChI is InChI=1S/C15H22BrNO/c1-5-7-12-9-8-10(3)14(11(12)4)17-15(18)13(16)6-2/h8-9,13H,5-7H2,1-4H3,(H,17,18). The van der Waals surface area contributed by atoms with Gasteiger partial charge in [-0.1, -0.05) is 48.3 Å². The molecule has 3 heteroatoms. The summed E-state index contributed by atoms with van der Waals surface area (Å²) in [5.74, 6) is 0.0392. The number of anilines is 1. The van der Waals surface area contributed by atoms with Crippen LogP contribution in [0.4, 0.5) is 5.69 Å². The molecule has 0 saturated carbocycles. The van der Waals surface area contributed by atoms with Crippen LogP contribution in [0.2, 0.25) is 0 Å². The number of hydrogen-bond donors (Lipinski definition) is 1. The van der Waals surface area contributed by atoms with Gasteiger partial charge in [0.05, 0.1) is 4.83 Å². The number of carbonyl (C=O) groups is 1. The first-order valence-electron chi connectivity index (χ1n) is 6.55. The van der Waals surface area contributed by atoms with Crippen LogP contribution in [0.5, 0.6) is 0 Å². The van der Waals surface area contributed by atoms with Gasteiger partial charge in [-0.05, 0) is 43.4 Å². The normalized spacial score (nSPS) is 12.3. The van der Waals surface area contributed by atoms with Crippen molar-refractivity contribution in [1.29, 1.82) is 0 Å². The van der Waals surface area contributed by atoms with Crippen LogP contribution in [0.25, 0.3) is 0 Å². The molecule has 0 aliphatic heterocycles. The van der Waals surface area contributed by atoms with Crippen LogP contribution < -0.4 is 5.32 Å². The lowest BCUT2D eigenvalue weighted by molar-refractivity contribution is -0.115. The predicted molar refractivity (Wildman–Crippen MR) is 81.5 cm³/mol. The highest BCUT2D eigenvalue weighted by molar-refractivity contribution is 9.10. The molecule has 1 amide bonds. The first-order chi connectivity index (χ1) is 8.51. The number of nitrogens with one attached hydrogen (secondary N) is 1. The molecule has 1 aromatic rings. The summed E-state index contributed by atoms with van der Waals surface area (Å²) in [7, 11) is 0. The van der Waals surface area contributed by atoms with Gasteiger partial charge in [-0.25, -0.2) is 0 Å². The summed E-state index contributed by atoms with van der Waals surface area (Å²) in [6.07, 6.45) is 2.96. The van der Waals surface area contributed by atoms with Gasteiger partial charge in [-0.15, -0.1) is 0 Å². The molecule has 0 bridgehead atoms. The Morgan fingerprint density at radius 1 is 1.33 bits per heavy atom. The summed E-state index contributed by atoms with van der Waals surface area (Å²) in [5, 5.41) is 3.04. The Bertz CT molecular complexity index is 429. The molecular formula is C15H22BrNO. The molecule has 0 aliphatic carbocycles. The highest BCUT2D eigenvalue weighted by Gasteiger charge is 2.15. The van der Waals surface area contributed by atoms with Gasteiger partial charge in [-0.3, -0.25) is 4.79 Å². The smallest absolute Gasteiger partial charge is 0.238 e. The average molecular weight is 312 g/mol. The Hall–Kier alpha value is -0.830. The lowest BCUT2D eigenvalue weighted by Crippen LogP contribution is -2.23. The highest BCUT2D eigenvalue weighted by atomic mass is 79.9. The van der Waals surface area contributed by atoms with Crippen LogP contribution in [0.15, 0.2) is 12.1 Å². The van der Waals surface area contributed by atoms with Gasteiger partial charge in [0.25, 0.3) is 0 Å². The minimum atomic E-state index is -0.119. The van der Waals surface area contributed by atoms with Gasteiger partial charge >= 0.3 is 0 Å². The molecule has 1 aromatic carbocycles. The third-order valence-corrected chi connectivity index (χ3v) is 4.26. The van der Waals surface area contributed by atoms with Gasteiger partial charge in [0.2, 0.25) is 5.91 Å². The van der Waals surface area contributed by atoms with Crippen molar-refractivity contribution < 1.29 is 4.79 Å². The Balaban J connectivity index is 3.00. The van der Waals surface area contributed by atoms with Crippen molar-refractivity contribution in [3.05, 3.63) is 28.8 Å². The van der Waals surface area contributed by atoms with E-state index in [0.717, 1.165) is 30.5 Å². The van der Waals surface area contributed by atoms with Crippen molar-refractivity contribution in [2.75, 3.05) is 5.32 Å². The van der Waals surface area contributed by atoms with Crippen molar-refractivity contribution in [3.63, 3.8) is 0 Å². The number of rotatable bonds is 5. The largest absolute Gasteiger partial charge is 0.325 e. The fourth-order valence-corrected chi connectivity index (χ4v) is 2.12. The van der Waals surface area contributed by atoms with Crippen LogP contribution in [0, 0.1) is 13.8 Å². The molecule has 0 heterocycles. The Labute approximate surface area is 118 Å². The minimum absolute atomic E-state index is 0.0392. The number of benzene rings is 1. The molecule has 0 saturated heterocycles. The maximum Gasteiger partial charge on any atom is 0.238 e. The zero-order valence-electron chi connectivity index (χ0n) is 11.6. The summed E-state index contributed by atoms with van der Waals surface area (Å²) in [6.45, 7) is 8.28. The Morgan fingerprint density at radius 2 is 2.00 bits per heavy atom. The van der Waals surface area contributed by atoms with Crippen molar-refractivity contribution >= 4 is 27.5 Å². The van der Waals surface area contributed by atoms with Crippen LogP contribution in [-0.2, 0) is 11.2 Å². The lowest BCUT2D eigenvalue weighted by Gasteiger charge is -2.16. The van der Waals surface area contributed by atoms with Crippen LogP contribution >= 0.6 is 15.9 Å². The van der Waals surface area contributed by atoms with E-state index in [0.29, 0.717) is 0 Å². The molecule has 18 heavy (non-hydrogen) atoms. The van der Waals surface area contributed by atoms with Crippen LogP contribution in [0.1, 0.15) is 43.4 Å². The molecule has 1 unspecified atom stereocenters. The van der Waals surface area contributed by atoms with Crippen molar-refractivity contribution in [3.8, 4) is 0 Å². The van der Waals surface area contributed by atoms with E-state index in [2.05, 4.69) is 47.2 Å². The summed E-state index contributed by atoms with van der Waals surface area (Å²) >= 11 is 3.39. The van der Waals surface area contributed by atoms with E-state index in [4.69, 9.17) is 0 Å². The molecule has 1 atom stereocenters. The second-order valence-corrected chi connectivity index (χ2v) is 5.76. The summed E-state index contributed by atoms with van der Waals surface area (Å²) in [5.41, 5.74) is 4.61. The van der Waals surface area contributed by atoms with Gasteiger partial charge < -0.3 is 5.32 Å². The van der Waals surface area contributed by atoms with Crippen molar-refractivity contribution in [1.82, 2.24) is 0 Å². The third-order valence-electron chi connectivity index (χ3n) is 3.20. The molecule has 0 aliphatic rings. The van der Waals surface area contributed by atoms with Crippen LogP contribution in [-0.4, -0.2) is 10.7 Å². The zero-order valence-corrected chi connectivity index (χ0v) is 13.2. The SMILES string of the molecule is CCCc1ccc(C)c(NC(=O)C(Br)CC)c1C. The second kappa shape index (κ2) is 6.93. The van der Waals surface area contributed by atoms with E-state index in [1.54, 1.807) is 0 Å². The first kappa shape index (κ1) is 15.2. The Kier molecular flexibility index (Phi) is 5.86. The molecular weight excluding hydrogens is 290 g/mol. The van der Waals surface area contributed by atoms with E-state index in [-0.39, 0.29) is 10.7 Å². The van der Waals surface area contributed by atoms with E-state index in [9.17, 15) is 4.79 Å². The van der Waals surface area contributed by atoms with Crippen molar-refractivity contribution in [2.24, 2.45) is 0 Å². The van der Waals surface area contributed by atoms with Gasteiger partial charge in [-0.2, -0.15) is 0 Å². The molecule has 2 nitrogen and oxygen atoms in total. The number of aryl methyl sites for hydroxylation is 2. The fraction of sp³-hybridized carbons (Fsp3) is 0.533. The van der Waals surface area contributed by atoms with Crippen molar-refractivity contribution in [2.45, 2.75) is 51.8 Å². The zero-order chi connectivity index (χ0) is 13.7. The van der Waals surface area contributed by atoms with Gasteiger partial charge in [0.1, 0.15) is 0 Å². The predicted octanol–water partition coefficient (Wildman–Crippen LogP) is 4.37. The fourth-order valence-electron chi connectivity index (χ4n) is 2.01. The first-order valence-corrected chi connectivity index (χ1v) is 7.46. The highest BCUT2D eigenvalue weighted by Crippen LogP contribution is 2.25. The molecule has 100 valence electrons. The van der Waals surface area contributed by atoms with E-state index in [1.807, 2.05) is 13.8 Å². The second-order valence-electron chi connectivity index (χ2n) is 4.66. The number of hydrogen-bond acceptors (Lipinski definition) is 1. The topological polar surface area (TPSA) is 29.1 Å². The molecule has 0 fully saturated rings. The monoisotopic (exact) mass is 311 g/mol. The molecule has 1 rings (SSSR count). The number of alkyl halides is 1. The van der Waals surface area contributed by atoms with E-state index in [1.165, 1.54) is 11.1 Å². The summed E-state index contributed by atoms with van der Waals surface area (Å²) in [4.78, 5) is 11.8. The number of amides is 1. The minimum Gasteiger partial charge on any atom is -0.325 e. The Morgan fingerprint density at radius 3 is 2.56 bits per heavy atom. The lowest BCUT2D eigenvalue weighted by atomic mass is 9.99.